The van der Waals surface area contributed by atoms with Crippen LogP contribution in [0.1, 0.15) is 6.92 Å². The van der Waals surface area contributed by atoms with Crippen LogP contribution in [0.25, 0.3) is 5.69 Å². The van der Waals surface area contributed by atoms with Gasteiger partial charge in [0, 0.05) is 24.0 Å². The molecule has 3 rings (SSSR count). The fraction of sp³-hybridized carbons (Fsp3) is 0.333. The van der Waals surface area contributed by atoms with Crippen molar-refractivity contribution < 1.29 is 4.79 Å². The third-order valence-corrected chi connectivity index (χ3v) is 4.06. The van der Waals surface area contributed by atoms with Crippen LogP contribution >= 0.6 is 11.6 Å². The Morgan fingerprint density at radius 1 is 1.48 bits per heavy atom. The van der Waals surface area contributed by atoms with Crippen molar-refractivity contribution in [1.29, 1.82) is 0 Å². The van der Waals surface area contributed by atoms with E-state index in [0.717, 1.165) is 12.2 Å². The number of hydrogen-bond donors (Lipinski definition) is 2. The van der Waals surface area contributed by atoms with Crippen LogP contribution in [-0.4, -0.2) is 28.8 Å². The van der Waals surface area contributed by atoms with Crippen molar-refractivity contribution in [2.24, 2.45) is 11.8 Å². The molecule has 2 N–H and O–H groups in total. The number of rotatable bonds is 3. The zero-order valence-corrected chi connectivity index (χ0v) is 12.5. The first-order valence-corrected chi connectivity index (χ1v) is 7.34. The normalized spacial score (nSPS) is 21.4. The van der Waals surface area contributed by atoms with Crippen molar-refractivity contribution in [1.82, 2.24) is 15.1 Å². The van der Waals surface area contributed by atoms with Crippen molar-refractivity contribution >= 4 is 23.2 Å². The maximum absolute atomic E-state index is 12.4. The smallest absolute Gasteiger partial charge is 0.229 e. The van der Waals surface area contributed by atoms with Gasteiger partial charge in [0.05, 0.1) is 17.3 Å². The summed E-state index contributed by atoms with van der Waals surface area (Å²) in [5.74, 6) is 0.329. The van der Waals surface area contributed by atoms with Crippen molar-refractivity contribution in [3.63, 3.8) is 0 Å². The highest BCUT2D eigenvalue weighted by Crippen LogP contribution is 2.26. The summed E-state index contributed by atoms with van der Waals surface area (Å²) >= 11 is 6.06. The lowest BCUT2D eigenvalue weighted by atomic mass is 9.97. The van der Waals surface area contributed by atoms with E-state index in [1.165, 1.54) is 0 Å². The lowest BCUT2D eigenvalue weighted by Crippen LogP contribution is -2.28. The van der Waals surface area contributed by atoms with Crippen LogP contribution in [0, 0.1) is 11.8 Å². The number of carbonyl (C=O) groups excluding carboxylic acids is 1. The van der Waals surface area contributed by atoms with Crippen molar-refractivity contribution in [2.45, 2.75) is 6.92 Å². The summed E-state index contributed by atoms with van der Waals surface area (Å²) in [7, 11) is 0. The Hall–Kier alpha value is -1.85. The molecule has 110 valence electrons. The molecule has 2 atom stereocenters. The predicted octanol–water partition coefficient (Wildman–Crippen LogP) is 2.32. The van der Waals surface area contributed by atoms with E-state index in [4.69, 9.17) is 11.6 Å². The van der Waals surface area contributed by atoms with Crippen LogP contribution in [0.5, 0.6) is 0 Å². The van der Waals surface area contributed by atoms with E-state index in [2.05, 4.69) is 22.7 Å². The van der Waals surface area contributed by atoms with Gasteiger partial charge in [0.15, 0.2) is 0 Å². The number of aromatic nitrogens is 2. The van der Waals surface area contributed by atoms with Gasteiger partial charge in [0.2, 0.25) is 5.91 Å². The van der Waals surface area contributed by atoms with Crippen LogP contribution in [0.2, 0.25) is 5.02 Å². The minimum absolute atomic E-state index is 0.0168. The highest BCUT2D eigenvalue weighted by molar-refractivity contribution is 6.31. The molecule has 1 saturated heterocycles. The predicted molar refractivity (Wildman–Crippen MR) is 82.7 cm³/mol. The van der Waals surface area contributed by atoms with Crippen LogP contribution in [0.15, 0.2) is 36.7 Å². The molecule has 2 heterocycles. The number of anilines is 1. The van der Waals surface area contributed by atoms with Gasteiger partial charge in [-0.3, -0.25) is 4.79 Å². The molecule has 1 aliphatic heterocycles. The summed E-state index contributed by atoms with van der Waals surface area (Å²) in [4.78, 5) is 12.4. The molecule has 0 radical (unpaired) electrons. The number of halogens is 1. The van der Waals surface area contributed by atoms with Crippen LogP contribution in [0.4, 0.5) is 5.69 Å². The van der Waals surface area contributed by atoms with Gasteiger partial charge in [-0.15, -0.1) is 0 Å². The lowest BCUT2D eigenvalue weighted by Gasteiger charge is -2.16. The van der Waals surface area contributed by atoms with Crippen LogP contribution < -0.4 is 10.6 Å². The Morgan fingerprint density at radius 3 is 3.00 bits per heavy atom. The SMILES string of the molecule is C[C@@H]1CNC[C@H]1C(=O)Nc1cc(Cl)ccc1-n1cccn1. The molecule has 2 aromatic rings. The number of hydrogen-bond acceptors (Lipinski definition) is 3. The standard InChI is InChI=1S/C15H17ClN4O/c1-10-8-17-9-12(10)15(21)19-13-7-11(16)3-4-14(13)20-6-2-5-18-20/h2-7,10,12,17H,8-9H2,1H3,(H,19,21)/t10-,12-/m1/s1. The van der Waals surface area contributed by atoms with E-state index in [1.807, 2.05) is 18.3 Å². The Balaban J connectivity index is 1.87. The molecule has 6 heteroatoms. The largest absolute Gasteiger partial charge is 0.324 e. The van der Waals surface area contributed by atoms with E-state index in [0.29, 0.717) is 23.2 Å². The number of nitrogens with zero attached hydrogens (tertiary/aromatic N) is 2. The summed E-state index contributed by atoms with van der Waals surface area (Å²) < 4.78 is 1.71. The Bertz CT molecular complexity index is 641. The Kier molecular flexibility index (Phi) is 3.94. The summed E-state index contributed by atoms with van der Waals surface area (Å²) in [5.41, 5.74) is 1.48. The first-order valence-electron chi connectivity index (χ1n) is 6.96. The first-order chi connectivity index (χ1) is 10.1. The van der Waals surface area contributed by atoms with Crippen molar-refractivity contribution in [2.75, 3.05) is 18.4 Å². The Morgan fingerprint density at radius 2 is 2.33 bits per heavy atom. The molecule has 5 nitrogen and oxygen atoms in total. The van der Waals surface area contributed by atoms with Crippen LogP contribution in [-0.2, 0) is 4.79 Å². The van der Waals surface area contributed by atoms with E-state index in [9.17, 15) is 4.79 Å². The molecule has 0 spiro atoms. The van der Waals surface area contributed by atoms with Gasteiger partial charge in [-0.1, -0.05) is 18.5 Å². The maximum Gasteiger partial charge on any atom is 0.229 e. The second-order valence-electron chi connectivity index (χ2n) is 5.34. The molecular formula is C15H17ClN4O. The molecule has 0 aliphatic carbocycles. The van der Waals surface area contributed by atoms with E-state index < -0.39 is 0 Å². The topological polar surface area (TPSA) is 59.0 Å². The summed E-state index contributed by atoms with van der Waals surface area (Å²) in [5, 5.41) is 11.0. The number of carbonyl (C=O) groups is 1. The van der Waals surface area contributed by atoms with E-state index in [-0.39, 0.29) is 11.8 Å². The molecule has 1 fully saturated rings. The van der Waals surface area contributed by atoms with Crippen molar-refractivity contribution in [3.8, 4) is 5.69 Å². The molecule has 0 unspecified atom stereocenters. The maximum atomic E-state index is 12.4. The molecule has 0 saturated carbocycles. The van der Waals surface area contributed by atoms with Gasteiger partial charge in [-0.05, 0) is 36.7 Å². The third-order valence-electron chi connectivity index (χ3n) is 3.82. The van der Waals surface area contributed by atoms with Gasteiger partial charge < -0.3 is 10.6 Å². The third kappa shape index (κ3) is 2.94. The quantitative estimate of drug-likeness (QED) is 0.915. The minimum Gasteiger partial charge on any atom is -0.324 e. The van der Waals surface area contributed by atoms with Gasteiger partial charge in [0.25, 0.3) is 0 Å². The van der Waals surface area contributed by atoms with Crippen LogP contribution in [0.3, 0.4) is 0 Å². The number of nitrogens with one attached hydrogen (secondary N) is 2. The molecule has 21 heavy (non-hydrogen) atoms. The summed E-state index contributed by atoms with van der Waals surface area (Å²) in [6.07, 6.45) is 3.53. The van der Waals surface area contributed by atoms with E-state index >= 15 is 0 Å². The second kappa shape index (κ2) is 5.87. The fourth-order valence-corrected chi connectivity index (χ4v) is 2.78. The summed E-state index contributed by atoms with van der Waals surface area (Å²) in [6, 6.07) is 7.22. The molecule has 1 amide bonds. The van der Waals surface area contributed by atoms with Gasteiger partial charge in [0.1, 0.15) is 0 Å². The van der Waals surface area contributed by atoms with Gasteiger partial charge in [-0.25, -0.2) is 4.68 Å². The highest BCUT2D eigenvalue weighted by atomic mass is 35.5. The summed E-state index contributed by atoms with van der Waals surface area (Å²) in [6.45, 7) is 3.67. The lowest BCUT2D eigenvalue weighted by molar-refractivity contribution is -0.120. The zero-order valence-electron chi connectivity index (χ0n) is 11.7. The molecule has 0 bridgehead atoms. The average molecular weight is 305 g/mol. The second-order valence-corrected chi connectivity index (χ2v) is 5.78. The monoisotopic (exact) mass is 304 g/mol. The molecule has 1 aromatic heterocycles. The number of amides is 1. The average Bonchev–Trinajstić information content (AvgIpc) is 3.10. The molecule has 1 aromatic carbocycles. The fourth-order valence-electron chi connectivity index (χ4n) is 2.61. The highest BCUT2D eigenvalue weighted by Gasteiger charge is 2.29. The number of benzene rings is 1. The molecule has 1 aliphatic rings. The minimum atomic E-state index is -0.0190. The Labute approximate surface area is 128 Å². The molecular weight excluding hydrogens is 288 g/mol. The zero-order chi connectivity index (χ0) is 14.8. The van der Waals surface area contributed by atoms with E-state index in [1.54, 1.807) is 23.0 Å². The first kappa shape index (κ1) is 14.1. The van der Waals surface area contributed by atoms with Gasteiger partial charge >= 0.3 is 0 Å². The van der Waals surface area contributed by atoms with Crippen molar-refractivity contribution in [3.05, 3.63) is 41.7 Å². The van der Waals surface area contributed by atoms with Gasteiger partial charge in [-0.2, -0.15) is 5.10 Å².